The van der Waals surface area contributed by atoms with Gasteiger partial charge in [0.15, 0.2) is 0 Å². The first-order valence-electron chi connectivity index (χ1n) is 7.00. The van der Waals surface area contributed by atoms with Crippen molar-refractivity contribution < 1.29 is 4.79 Å². The minimum atomic E-state index is 0.0316. The van der Waals surface area contributed by atoms with Crippen molar-refractivity contribution in [3.63, 3.8) is 0 Å². The van der Waals surface area contributed by atoms with Gasteiger partial charge in [-0.25, -0.2) is 9.97 Å². The molecule has 0 saturated carbocycles. The highest BCUT2D eigenvalue weighted by Gasteiger charge is 2.38. The molecule has 2 aromatic heterocycles. The molecular weight excluding hydrogens is 348 g/mol. The lowest BCUT2D eigenvalue weighted by atomic mass is 9.96. The highest BCUT2D eigenvalue weighted by molar-refractivity contribution is 9.10. The predicted molar refractivity (Wildman–Crippen MR) is 85.0 cm³/mol. The van der Waals surface area contributed by atoms with Gasteiger partial charge in [0.1, 0.15) is 0 Å². The van der Waals surface area contributed by atoms with E-state index >= 15 is 0 Å². The van der Waals surface area contributed by atoms with E-state index in [4.69, 9.17) is 0 Å². The fourth-order valence-electron chi connectivity index (χ4n) is 2.85. The molecule has 1 fully saturated rings. The van der Waals surface area contributed by atoms with Crippen molar-refractivity contribution >= 4 is 27.8 Å². The van der Waals surface area contributed by atoms with Gasteiger partial charge in [-0.1, -0.05) is 0 Å². The van der Waals surface area contributed by atoms with Gasteiger partial charge in [-0.05, 0) is 15.9 Å². The molecule has 1 amide bonds. The van der Waals surface area contributed by atoms with E-state index in [1.807, 2.05) is 26.5 Å². The van der Waals surface area contributed by atoms with Gasteiger partial charge >= 0.3 is 0 Å². The van der Waals surface area contributed by atoms with Crippen LogP contribution in [0.5, 0.6) is 0 Å². The number of likely N-dealkylation sites (tertiary alicyclic amines) is 1. The van der Waals surface area contributed by atoms with Crippen molar-refractivity contribution in [2.75, 3.05) is 18.9 Å². The molecule has 0 bridgehead atoms. The van der Waals surface area contributed by atoms with Crippen molar-refractivity contribution in [1.82, 2.24) is 24.6 Å². The zero-order valence-corrected chi connectivity index (χ0v) is 14.0. The van der Waals surface area contributed by atoms with Crippen LogP contribution in [0.25, 0.3) is 0 Å². The SMILES string of the molecule is CN1C(=O)C[C@@H](CNc2ncc(Br)cn2)[C@@H]1c1cnn(C)c1. The van der Waals surface area contributed by atoms with Gasteiger partial charge in [-0.3, -0.25) is 9.48 Å². The fourth-order valence-corrected chi connectivity index (χ4v) is 3.05. The average Bonchev–Trinajstić information content (AvgIpc) is 3.03. The van der Waals surface area contributed by atoms with E-state index in [9.17, 15) is 4.79 Å². The Balaban J connectivity index is 1.73. The topological polar surface area (TPSA) is 75.9 Å². The molecule has 0 radical (unpaired) electrons. The molecule has 3 rings (SSSR count). The van der Waals surface area contributed by atoms with E-state index in [1.165, 1.54) is 0 Å². The van der Waals surface area contributed by atoms with Gasteiger partial charge < -0.3 is 10.2 Å². The number of carbonyl (C=O) groups is 1. The summed E-state index contributed by atoms with van der Waals surface area (Å²) < 4.78 is 2.59. The number of nitrogens with one attached hydrogen (secondary N) is 1. The van der Waals surface area contributed by atoms with Crippen LogP contribution in [0, 0.1) is 5.92 Å². The van der Waals surface area contributed by atoms with E-state index in [-0.39, 0.29) is 17.9 Å². The third-order valence-electron chi connectivity index (χ3n) is 3.90. The minimum Gasteiger partial charge on any atom is -0.354 e. The number of amides is 1. The lowest BCUT2D eigenvalue weighted by Gasteiger charge is -2.24. The second-order valence-electron chi connectivity index (χ2n) is 5.47. The molecule has 22 heavy (non-hydrogen) atoms. The smallest absolute Gasteiger partial charge is 0.223 e. The van der Waals surface area contributed by atoms with Crippen molar-refractivity contribution in [3.8, 4) is 0 Å². The quantitative estimate of drug-likeness (QED) is 0.891. The molecule has 3 heterocycles. The summed E-state index contributed by atoms with van der Waals surface area (Å²) in [5.41, 5.74) is 1.05. The maximum atomic E-state index is 12.1. The van der Waals surface area contributed by atoms with Crippen molar-refractivity contribution in [2.24, 2.45) is 13.0 Å². The van der Waals surface area contributed by atoms with Crippen LogP contribution in [0.15, 0.2) is 29.3 Å². The molecule has 8 heteroatoms. The maximum absolute atomic E-state index is 12.1. The van der Waals surface area contributed by atoms with Crippen molar-refractivity contribution in [1.29, 1.82) is 0 Å². The molecule has 1 aliphatic rings. The first kappa shape index (κ1) is 15.0. The lowest BCUT2D eigenvalue weighted by molar-refractivity contribution is -0.127. The number of hydrogen-bond donors (Lipinski definition) is 1. The van der Waals surface area contributed by atoms with Crippen LogP contribution in [0.4, 0.5) is 5.95 Å². The van der Waals surface area contributed by atoms with E-state index < -0.39 is 0 Å². The van der Waals surface area contributed by atoms with Crippen molar-refractivity contribution in [2.45, 2.75) is 12.5 Å². The summed E-state index contributed by atoms with van der Waals surface area (Å²) in [6, 6.07) is 0.0316. The number of aromatic nitrogens is 4. The number of aryl methyl sites for hydroxylation is 1. The Hall–Kier alpha value is -1.96. The Kier molecular flexibility index (Phi) is 4.10. The molecule has 0 aliphatic carbocycles. The highest BCUT2D eigenvalue weighted by Crippen LogP contribution is 2.36. The van der Waals surface area contributed by atoms with Gasteiger partial charge in [0.05, 0.1) is 16.7 Å². The van der Waals surface area contributed by atoms with Gasteiger partial charge in [0.25, 0.3) is 0 Å². The van der Waals surface area contributed by atoms with E-state index in [2.05, 4.69) is 36.3 Å². The summed E-state index contributed by atoms with van der Waals surface area (Å²) in [5.74, 6) is 0.876. The van der Waals surface area contributed by atoms with E-state index in [0.717, 1.165) is 10.0 Å². The molecule has 2 aromatic rings. The standard InChI is InChI=1S/C14H17BrN6O/c1-20-8-10(5-19-20)13-9(3-12(22)21(13)2)4-16-14-17-6-11(15)7-18-14/h5-9,13H,3-4H2,1-2H3,(H,16,17,18)/t9-,13+/m0/s1. The Bertz CT molecular complexity index is 670. The van der Waals surface area contributed by atoms with E-state index in [1.54, 1.807) is 22.0 Å². The second kappa shape index (κ2) is 6.04. The first-order valence-corrected chi connectivity index (χ1v) is 7.79. The molecular formula is C14H17BrN6O. The fraction of sp³-hybridized carbons (Fsp3) is 0.429. The summed E-state index contributed by atoms with van der Waals surface area (Å²) in [7, 11) is 3.72. The monoisotopic (exact) mass is 364 g/mol. The summed E-state index contributed by atoms with van der Waals surface area (Å²) >= 11 is 3.31. The van der Waals surface area contributed by atoms with Gasteiger partial charge in [-0.2, -0.15) is 5.10 Å². The Morgan fingerprint density at radius 2 is 2.05 bits per heavy atom. The molecule has 116 valence electrons. The summed E-state index contributed by atoms with van der Waals surface area (Å²) in [4.78, 5) is 22.3. The molecule has 2 atom stereocenters. The number of rotatable bonds is 4. The molecule has 0 spiro atoms. The largest absolute Gasteiger partial charge is 0.354 e. The van der Waals surface area contributed by atoms with Crippen LogP contribution < -0.4 is 5.32 Å². The third kappa shape index (κ3) is 2.96. The number of nitrogens with zero attached hydrogens (tertiary/aromatic N) is 5. The van der Waals surface area contributed by atoms with Crippen LogP contribution in [-0.2, 0) is 11.8 Å². The third-order valence-corrected chi connectivity index (χ3v) is 4.31. The normalized spacial score (nSPS) is 21.4. The number of halogens is 1. The molecule has 0 unspecified atom stereocenters. The Labute approximate surface area is 136 Å². The highest BCUT2D eigenvalue weighted by atomic mass is 79.9. The molecule has 0 aromatic carbocycles. The maximum Gasteiger partial charge on any atom is 0.223 e. The van der Waals surface area contributed by atoms with Crippen LogP contribution in [-0.4, -0.2) is 44.1 Å². The molecule has 1 saturated heterocycles. The zero-order chi connectivity index (χ0) is 15.7. The van der Waals surface area contributed by atoms with Crippen LogP contribution in [0.3, 0.4) is 0 Å². The number of hydrogen-bond acceptors (Lipinski definition) is 5. The number of anilines is 1. The van der Waals surface area contributed by atoms with Gasteiger partial charge in [-0.15, -0.1) is 0 Å². The minimum absolute atomic E-state index is 0.0316. The summed E-state index contributed by atoms with van der Waals surface area (Å²) in [6.45, 7) is 0.636. The van der Waals surface area contributed by atoms with Crippen molar-refractivity contribution in [3.05, 3.63) is 34.8 Å². The summed E-state index contributed by atoms with van der Waals surface area (Å²) in [6.07, 6.45) is 7.69. The lowest BCUT2D eigenvalue weighted by Crippen LogP contribution is -2.26. The molecule has 1 N–H and O–H groups in total. The van der Waals surface area contributed by atoms with E-state index in [0.29, 0.717) is 18.9 Å². The van der Waals surface area contributed by atoms with Crippen LogP contribution in [0.1, 0.15) is 18.0 Å². The van der Waals surface area contributed by atoms with Crippen LogP contribution in [0.2, 0.25) is 0 Å². The Morgan fingerprint density at radius 1 is 1.32 bits per heavy atom. The summed E-state index contributed by atoms with van der Waals surface area (Å²) in [5, 5.41) is 7.42. The van der Waals surface area contributed by atoms with Gasteiger partial charge in [0, 0.05) is 57.1 Å². The molecule has 7 nitrogen and oxygen atoms in total. The average molecular weight is 365 g/mol. The molecule has 1 aliphatic heterocycles. The first-order chi connectivity index (χ1) is 10.5. The predicted octanol–water partition coefficient (Wildman–Crippen LogP) is 1.60. The van der Waals surface area contributed by atoms with Gasteiger partial charge in [0.2, 0.25) is 11.9 Å². The number of carbonyl (C=O) groups excluding carboxylic acids is 1. The van der Waals surface area contributed by atoms with Crippen LogP contribution >= 0.6 is 15.9 Å². The second-order valence-corrected chi connectivity index (χ2v) is 6.38. The Morgan fingerprint density at radius 3 is 2.68 bits per heavy atom. The zero-order valence-electron chi connectivity index (χ0n) is 12.4.